The van der Waals surface area contributed by atoms with Gasteiger partial charge in [0, 0.05) is 16.1 Å². The molecule has 0 bridgehead atoms. The van der Waals surface area contributed by atoms with Crippen molar-refractivity contribution in [2.75, 3.05) is 0 Å². The summed E-state index contributed by atoms with van der Waals surface area (Å²) < 4.78 is 2.65. The number of imidazole rings is 1. The first-order chi connectivity index (χ1) is 7.84. The molecule has 0 fully saturated rings. The first-order valence-corrected chi connectivity index (χ1v) is 6.16. The third-order valence-electron chi connectivity index (χ3n) is 2.64. The molecule has 0 aliphatic heterocycles. The first-order valence-electron chi connectivity index (χ1n) is 5.36. The molecule has 17 heavy (non-hydrogen) atoms. The molecule has 4 nitrogen and oxygen atoms in total. The Labute approximate surface area is 108 Å². The normalized spacial score (nSPS) is 12.1. The number of nitroso groups, excluding NO2 is 1. The molecule has 5 heteroatoms. The molecule has 2 rings (SSSR count). The molecule has 90 valence electrons. The second-order valence-electron chi connectivity index (χ2n) is 5.16. The van der Waals surface area contributed by atoms with Crippen molar-refractivity contribution in [2.45, 2.75) is 33.1 Å². The molecule has 2 aromatic heterocycles. The molecular formula is C12H14BrN3O. The zero-order valence-electron chi connectivity index (χ0n) is 10.3. The zero-order chi connectivity index (χ0) is 12.8. The minimum absolute atomic E-state index is 0.200. The number of aromatic nitrogens is 2. The molecule has 2 heterocycles. The highest BCUT2D eigenvalue weighted by molar-refractivity contribution is 9.10. The summed E-state index contributed by atoms with van der Waals surface area (Å²) in [5.41, 5.74) is 2.33. The van der Waals surface area contributed by atoms with Crippen LogP contribution in [0.4, 0.5) is 5.82 Å². The lowest BCUT2D eigenvalue weighted by atomic mass is 9.92. The van der Waals surface area contributed by atoms with Crippen LogP contribution < -0.4 is 0 Å². The average molecular weight is 296 g/mol. The lowest BCUT2D eigenvalue weighted by Crippen LogP contribution is -2.11. The predicted molar refractivity (Wildman–Crippen MR) is 71.8 cm³/mol. The van der Waals surface area contributed by atoms with Gasteiger partial charge in [-0.05, 0) is 39.7 Å². The van der Waals surface area contributed by atoms with Gasteiger partial charge in [0.2, 0.25) is 5.82 Å². The van der Waals surface area contributed by atoms with Gasteiger partial charge in [-0.15, -0.1) is 4.91 Å². The van der Waals surface area contributed by atoms with E-state index in [2.05, 4.69) is 26.1 Å². The van der Waals surface area contributed by atoms with Gasteiger partial charge in [-0.3, -0.25) is 4.40 Å². The van der Waals surface area contributed by atoms with Crippen molar-refractivity contribution in [2.24, 2.45) is 5.18 Å². The number of hydrogen-bond donors (Lipinski definition) is 0. The van der Waals surface area contributed by atoms with E-state index in [9.17, 15) is 4.91 Å². The van der Waals surface area contributed by atoms with Crippen LogP contribution in [0.15, 0.2) is 21.9 Å². The second-order valence-corrected chi connectivity index (χ2v) is 6.08. The van der Waals surface area contributed by atoms with Gasteiger partial charge >= 0.3 is 0 Å². The van der Waals surface area contributed by atoms with E-state index in [0.29, 0.717) is 5.82 Å². The van der Waals surface area contributed by atoms with Crippen LogP contribution in [0.5, 0.6) is 0 Å². The van der Waals surface area contributed by atoms with Crippen molar-refractivity contribution in [3.05, 3.63) is 32.9 Å². The van der Waals surface area contributed by atoms with Crippen LogP contribution >= 0.6 is 15.9 Å². The SMILES string of the molecule is Cc1cc(Br)cn2c(N=O)c(C(C)(C)C)nc12. The van der Waals surface area contributed by atoms with E-state index in [1.165, 1.54) is 0 Å². The molecule has 0 aromatic carbocycles. The number of fused-ring (bicyclic) bond motifs is 1. The maximum absolute atomic E-state index is 11.0. The number of pyridine rings is 1. The maximum atomic E-state index is 11.0. The van der Waals surface area contributed by atoms with Crippen molar-refractivity contribution >= 4 is 27.4 Å². The average Bonchev–Trinajstić information content (AvgIpc) is 2.55. The number of nitrogens with zero attached hydrogens (tertiary/aromatic N) is 3. The lowest BCUT2D eigenvalue weighted by Gasteiger charge is -2.14. The summed E-state index contributed by atoms with van der Waals surface area (Å²) in [7, 11) is 0. The molecule has 0 aliphatic rings. The summed E-state index contributed by atoms with van der Waals surface area (Å²) >= 11 is 3.41. The molecule has 0 N–H and O–H groups in total. The third kappa shape index (κ3) is 1.99. The Bertz CT molecular complexity index is 596. The van der Waals surface area contributed by atoms with E-state index in [4.69, 9.17) is 0 Å². The smallest absolute Gasteiger partial charge is 0.205 e. The van der Waals surface area contributed by atoms with Crippen LogP contribution in [0.25, 0.3) is 5.65 Å². The standard InChI is InChI=1S/C12H14BrN3O/c1-7-5-8(13)6-16-10(7)14-9(11(16)15-17)12(2,3)4/h5-6H,1-4H3. The van der Waals surface area contributed by atoms with Crippen molar-refractivity contribution in [3.8, 4) is 0 Å². The van der Waals surface area contributed by atoms with E-state index in [-0.39, 0.29) is 5.41 Å². The van der Waals surface area contributed by atoms with Crippen LogP contribution in [-0.4, -0.2) is 9.38 Å². The Balaban J connectivity index is 2.90. The van der Waals surface area contributed by atoms with E-state index in [1.807, 2.05) is 40.0 Å². The molecule has 0 atom stereocenters. The van der Waals surface area contributed by atoms with Gasteiger partial charge in [-0.1, -0.05) is 20.8 Å². The molecule has 0 aliphatic carbocycles. The fourth-order valence-corrected chi connectivity index (χ4v) is 2.40. The third-order valence-corrected chi connectivity index (χ3v) is 3.08. The zero-order valence-corrected chi connectivity index (χ0v) is 11.9. The van der Waals surface area contributed by atoms with Gasteiger partial charge in [0.05, 0.1) is 5.69 Å². The van der Waals surface area contributed by atoms with Crippen LogP contribution in [0.2, 0.25) is 0 Å². The largest absolute Gasteiger partial charge is 0.280 e. The maximum Gasteiger partial charge on any atom is 0.205 e. The summed E-state index contributed by atoms with van der Waals surface area (Å²) in [4.78, 5) is 15.6. The molecule has 0 spiro atoms. The van der Waals surface area contributed by atoms with E-state index in [1.54, 1.807) is 4.40 Å². The van der Waals surface area contributed by atoms with E-state index < -0.39 is 0 Å². The Kier molecular flexibility index (Phi) is 2.81. The fraction of sp³-hybridized carbons (Fsp3) is 0.417. The monoisotopic (exact) mass is 295 g/mol. The Morgan fingerprint density at radius 3 is 2.59 bits per heavy atom. The minimum atomic E-state index is -0.200. The van der Waals surface area contributed by atoms with Gasteiger partial charge < -0.3 is 0 Å². The van der Waals surface area contributed by atoms with Crippen LogP contribution in [-0.2, 0) is 5.41 Å². The van der Waals surface area contributed by atoms with Gasteiger partial charge in [0.1, 0.15) is 5.65 Å². The minimum Gasteiger partial charge on any atom is -0.280 e. The Morgan fingerprint density at radius 2 is 2.06 bits per heavy atom. The van der Waals surface area contributed by atoms with Crippen molar-refractivity contribution in [3.63, 3.8) is 0 Å². The van der Waals surface area contributed by atoms with Gasteiger partial charge in [-0.2, -0.15) is 0 Å². The van der Waals surface area contributed by atoms with E-state index in [0.717, 1.165) is 21.4 Å². The highest BCUT2D eigenvalue weighted by atomic mass is 79.9. The molecule has 0 saturated heterocycles. The van der Waals surface area contributed by atoms with Crippen molar-refractivity contribution < 1.29 is 0 Å². The quantitative estimate of drug-likeness (QED) is 0.744. The van der Waals surface area contributed by atoms with Gasteiger partial charge in [0.25, 0.3) is 0 Å². The molecular weight excluding hydrogens is 282 g/mol. The van der Waals surface area contributed by atoms with Crippen LogP contribution in [0.1, 0.15) is 32.0 Å². The molecule has 0 amide bonds. The van der Waals surface area contributed by atoms with E-state index >= 15 is 0 Å². The summed E-state index contributed by atoms with van der Waals surface area (Å²) in [6.45, 7) is 8.03. The molecule has 0 saturated carbocycles. The van der Waals surface area contributed by atoms with Crippen LogP contribution in [0.3, 0.4) is 0 Å². The Hall–Kier alpha value is -1.23. The summed E-state index contributed by atoms with van der Waals surface area (Å²) in [6, 6.07) is 1.98. The Morgan fingerprint density at radius 1 is 1.41 bits per heavy atom. The lowest BCUT2D eigenvalue weighted by molar-refractivity contribution is 0.574. The number of rotatable bonds is 1. The van der Waals surface area contributed by atoms with Gasteiger partial charge in [0.15, 0.2) is 0 Å². The summed E-state index contributed by atoms with van der Waals surface area (Å²) in [5.74, 6) is 0.386. The highest BCUT2D eigenvalue weighted by Gasteiger charge is 2.25. The second kappa shape index (κ2) is 3.91. The van der Waals surface area contributed by atoms with Crippen molar-refractivity contribution in [1.82, 2.24) is 9.38 Å². The highest BCUT2D eigenvalue weighted by Crippen LogP contribution is 2.33. The predicted octanol–water partition coefficient (Wildman–Crippen LogP) is 4.10. The van der Waals surface area contributed by atoms with Crippen LogP contribution in [0, 0.1) is 11.8 Å². The number of halogens is 1. The van der Waals surface area contributed by atoms with Crippen molar-refractivity contribution in [1.29, 1.82) is 0 Å². The summed E-state index contributed by atoms with van der Waals surface area (Å²) in [6.07, 6.45) is 1.82. The number of aryl methyl sites for hydroxylation is 1. The molecule has 0 radical (unpaired) electrons. The topological polar surface area (TPSA) is 46.7 Å². The van der Waals surface area contributed by atoms with Gasteiger partial charge in [-0.25, -0.2) is 4.98 Å². The molecule has 2 aromatic rings. The fourth-order valence-electron chi connectivity index (χ4n) is 1.85. The first kappa shape index (κ1) is 12.2. The summed E-state index contributed by atoms with van der Waals surface area (Å²) in [5, 5.41) is 3.14. The molecule has 0 unspecified atom stereocenters. The number of hydrogen-bond acceptors (Lipinski definition) is 3.